The van der Waals surface area contributed by atoms with Gasteiger partial charge in [-0.15, -0.1) is 0 Å². The standard InChI is InChI=1S/C20H36N2O/c23-20(15-18-12-13-19(20)14-18)22-21-16-17-10-8-6-4-2-1-3-5-7-9-11-17/h17-19,23H,1-16H2. The number of aliphatic hydroxyl groups is 1. The van der Waals surface area contributed by atoms with Gasteiger partial charge in [0.15, 0.2) is 5.72 Å². The maximum atomic E-state index is 10.7. The third-order valence-corrected chi connectivity index (χ3v) is 6.59. The van der Waals surface area contributed by atoms with E-state index in [1.165, 1.54) is 83.5 Å². The molecule has 3 heteroatoms. The maximum Gasteiger partial charge on any atom is 0.179 e. The van der Waals surface area contributed by atoms with Gasteiger partial charge in [0.2, 0.25) is 0 Å². The van der Waals surface area contributed by atoms with Crippen molar-refractivity contribution in [1.82, 2.24) is 0 Å². The minimum Gasteiger partial charge on any atom is -0.367 e. The third-order valence-electron chi connectivity index (χ3n) is 6.59. The molecule has 0 spiro atoms. The van der Waals surface area contributed by atoms with Gasteiger partial charge in [0.05, 0.1) is 6.54 Å². The average molecular weight is 321 g/mol. The molecule has 132 valence electrons. The number of rotatable bonds is 3. The molecule has 0 amide bonds. The van der Waals surface area contributed by atoms with Crippen molar-refractivity contribution in [1.29, 1.82) is 0 Å². The van der Waals surface area contributed by atoms with E-state index < -0.39 is 5.72 Å². The second-order valence-electron chi connectivity index (χ2n) is 8.51. The van der Waals surface area contributed by atoms with Crippen LogP contribution in [0.2, 0.25) is 0 Å². The van der Waals surface area contributed by atoms with Crippen molar-refractivity contribution in [3.05, 3.63) is 0 Å². The molecule has 0 aromatic heterocycles. The van der Waals surface area contributed by atoms with Crippen LogP contribution in [0.3, 0.4) is 0 Å². The highest BCUT2D eigenvalue weighted by atomic mass is 16.3. The zero-order valence-corrected chi connectivity index (χ0v) is 14.9. The Kier molecular flexibility index (Phi) is 6.50. The third kappa shape index (κ3) is 5.01. The van der Waals surface area contributed by atoms with Crippen LogP contribution in [-0.4, -0.2) is 17.4 Å². The van der Waals surface area contributed by atoms with Crippen LogP contribution in [0.15, 0.2) is 10.2 Å². The van der Waals surface area contributed by atoms with Gasteiger partial charge in [-0.1, -0.05) is 57.8 Å². The van der Waals surface area contributed by atoms with Crippen LogP contribution < -0.4 is 0 Å². The average Bonchev–Trinajstić information content (AvgIpc) is 3.10. The molecular weight excluding hydrogens is 284 g/mol. The molecule has 3 fully saturated rings. The normalized spacial score (nSPS) is 37.8. The molecule has 0 aromatic carbocycles. The number of azo groups is 1. The van der Waals surface area contributed by atoms with Crippen molar-refractivity contribution in [3.8, 4) is 0 Å². The molecule has 3 rings (SSSR count). The van der Waals surface area contributed by atoms with Crippen LogP contribution in [0.4, 0.5) is 0 Å². The molecule has 1 N–H and O–H groups in total. The van der Waals surface area contributed by atoms with Crippen LogP contribution in [0.25, 0.3) is 0 Å². The Balaban J connectivity index is 1.45. The van der Waals surface area contributed by atoms with Crippen molar-refractivity contribution < 1.29 is 5.11 Å². The summed E-state index contributed by atoms with van der Waals surface area (Å²) < 4.78 is 0. The lowest BCUT2D eigenvalue weighted by molar-refractivity contribution is -0.0120. The van der Waals surface area contributed by atoms with Gasteiger partial charge in [-0.05, 0) is 43.9 Å². The van der Waals surface area contributed by atoms with Gasteiger partial charge < -0.3 is 5.11 Å². The van der Waals surface area contributed by atoms with E-state index in [2.05, 4.69) is 10.2 Å². The minimum atomic E-state index is -0.797. The molecule has 3 aliphatic carbocycles. The fourth-order valence-electron chi connectivity index (χ4n) is 5.10. The van der Waals surface area contributed by atoms with Crippen molar-refractivity contribution >= 4 is 0 Å². The predicted molar refractivity (Wildman–Crippen MR) is 94.4 cm³/mol. The topological polar surface area (TPSA) is 45.0 Å². The quantitative estimate of drug-likeness (QED) is 0.649. The summed E-state index contributed by atoms with van der Waals surface area (Å²) in [6.45, 7) is 0.847. The van der Waals surface area contributed by atoms with Crippen molar-refractivity contribution in [2.24, 2.45) is 28.0 Å². The first-order chi connectivity index (χ1) is 11.3. The van der Waals surface area contributed by atoms with E-state index in [1.54, 1.807) is 0 Å². The molecule has 0 saturated heterocycles. The fourth-order valence-corrected chi connectivity index (χ4v) is 5.10. The predicted octanol–water partition coefficient (Wildman–Crippen LogP) is 5.87. The van der Waals surface area contributed by atoms with Crippen LogP contribution in [0, 0.1) is 17.8 Å². The fraction of sp³-hybridized carbons (Fsp3) is 1.00. The Morgan fingerprint density at radius 1 is 0.783 bits per heavy atom. The van der Waals surface area contributed by atoms with Gasteiger partial charge in [-0.3, -0.25) is 0 Å². The van der Waals surface area contributed by atoms with Crippen LogP contribution >= 0.6 is 0 Å². The molecule has 0 radical (unpaired) electrons. The smallest absolute Gasteiger partial charge is 0.179 e. The Bertz CT molecular complexity index is 372. The van der Waals surface area contributed by atoms with E-state index in [0.717, 1.165) is 19.4 Å². The summed E-state index contributed by atoms with van der Waals surface area (Å²) in [5, 5.41) is 19.7. The molecule has 3 saturated carbocycles. The van der Waals surface area contributed by atoms with Gasteiger partial charge in [-0.25, -0.2) is 0 Å². The summed E-state index contributed by atoms with van der Waals surface area (Å²) in [6.07, 6.45) is 19.7. The summed E-state index contributed by atoms with van der Waals surface area (Å²) in [7, 11) is 0. The van der Waals surface area contributed by atoms with Gasteiger partial charge in [-0.2, -0.15) is 10.2 Å². The van der Waals surface area contributed by atoms with E-state index in [4.69, 9.17) is 0 Å². The molecule has 3 nitrogen and oxygen atoms in total. The second kappa shape index (κ2) is 8.60. The van der Waals surface area contributed by atoms with Gasteiger partial charge >= 0.3 is 0 Å². The van der Waals surface area contributed by atoms with E-state index in [9.17, 15) is 5.11 Å². The molecule has 23 heavy (non-hydrogen) atoms. The highest BCUT2D eigenvalue weighted by Gasteiger charge is 2.50. The van der Waals surface area contributed by atoms with E-state index >= 15 is 0 Å². The summed E-state index contributed by atoms with van der Waals surface area (Å²) in [5.41, 5.74) is -0.797. The van der Waals surface area contributed by atoms with Crippen molar-refractivity contribution in [2.75, 3.05) is 6.54 Å². The Morgan fingerprint density at radius 2 is 1.39 bits per heavy atom. The highest BCUT2D eigenvalue weighted by molar-refractivity contribution is 4.98. The number of fused-ring (bicyclic) bond motifs is 2. The first-order valence-corrected chi connectivity index (χ1v) is 10.4. The highest BCUT2D eigenvalue weighted by Crippen LogP contribution is 2.51. The minimum absolute atomic E-state index is 0.396. The van der Waals surface area contributed by atoms with E-state index in [0.29, 0.717) is 17.8 Å². The molecule has 2 bridgehead atoms. The Labute approximate surface area is 142 Å². The first kappa shape index (κ1) is 17.4. The molecule has 3 aliphatic rings. The Hall–Kier alpha value is -0.440. The monoisotopic (exact) mass is 320 g/mol. The van der Waals surface area contributed by atoms with Crippen molar-refractivity contribution in [3.63, 3.8) is 0 Å². The second-order valence-corrected chi connectivity index (χ2v) is 8.51. The molecule has 3 unspecified atom stereocenters. The summed E-state index contributed by atoms with van der Waals surface area (Å²) >= 11 is 0. The molecule has 0 aliphatic heterocycles. The zero-order valence-electron chi connectivity index (χ0n) is 14.9. The SMILES string of the molecule is OC1(N=NCC2CCCCCCCCCCC2)CC2CCC1C2. The maximum absolute atomic E-state index is 10.7. The molecular formula is C20H36N2O. The summed E-state index contributed by atoms with van der Waals surface area (Å²) in [5.74, 6) is 1.80. The lowest BCUT2D eigenvalue weighted by atomic mass is 9.92. The molecule has 3 atom stereocenters. The van der Waals surface area contributed by atoms with Crippen LogP contribution in [0.5, 0.6) is 0 Å². The lowest BCUT2D eigenvalue weighted by Crippen LogP contribution is -2.32. The van der Waals surface area contributed by atoms with Crippen molar-refractivity contribution in [2.45, 2.75) is 102 Å². The number of hydrogen-bond donors (Lipinski definition) is 1. The Morgan fingerprint density at radius 3 is 1.91 bits per heavy atom. The summed E-state index contributed by atoms with van der Waals surface area (Å²) in [6, 6.07) is 0. The first-order valence-electron chi connectivity index (χ1n) is 10.4. The zero-order chi connectivity index (χ0) is 16.0. The van der Waals surface area contributed by atoms with Crippen LogP contribution in [0.1, 0.15) is 96.3 Å². The van der Waals surface area contributed by atoms with E-state index in [-0.39, 0.29) is 0 Å². The van der Waals surface area contributed by atoms with Crippen LogP contribution in [-0.2, 0) is 0 Å². The van der Waals surface area contributed by atoms with E-state index in [1.807, 2.05) is 0 Å². The van der Waals surface area contributed by atoms with Gasteiger partial charge in [0, 0.05) is 12.3 Å². The van der Waals surface area contributed by atoms with Gasteiger partial charge in [0.25, 0.3) is 0 Å². The number of nitrogens with zero attached hydrogens (tertiary/aromatic N) is 2. The lowest BCUT2D eigenvalue weighted by Gasteiger charge is -2.27. The summed E-state index contributed by atoms with van der Waals surface area (Å²) in [4.78, 5) is 0. The number of hydrogen-bond acceptors (Lipinski definition) is 3. The van der Waals surface area contributed by atoms with Gasteiger partial charge in [0.1, 0.15) is 0 Å². The molecule has 0 heterocycles. The largest absolute Gasteiger partial charge is 0.367 e. The molecule has 0 aromatic rings.